The van der Waals surface area contributed by atoms with Crippen LogP contribution in [-0.4, -0.2) is 38.6 Å². The fourth-order valence-corrected chi connectivity index (χ4v) is 5.51. The minimum Gasteiger partial charge on any atom is -0.364 e. The molecule has 2 heterocycles. The van der Waals surface area contributed by atoms with Gasteiger partial charge in [-0.3, -0.25) is 14.3 Å². The number of aromatic nitrogens is 2. The molecular formula is C21H26N4O2. The van der Waals surface area contributed by atoms with Crippen molar-refractivity contribution in [2.24, 2.45) is 11.1 Å². The smallest absolute Gasteiger partial charge is 0.269 e. The second-order valence-corrected chi connectivity index (χ2v) is 8.76. The van der Waals surface area contributed by atoms with E-state index in [-0.39, 0.29) is 12.5 Å². The van der Waals surface area contributed by atoms with Crippen molar-refractivity contribution in [3.63, 3.8) is 0 Å². The van der Waals surface area contributed by atoms with Crippen molar-refractivity contribution in [3.05, 3.63) is 29.0 Å². The molecular weight excluding hydrogens is 340 g/mol. The van der Waals surface area contributed by atoms with E-state index in [1.54, 1.807) is 4.68 Å². The summed E-state index contributed by atoms with van der Waals surface area (Å²) in [5.41, 5.74) is 9.54. The van der Waals surface area contributed by atoms with Crippen molar-refractivity contribution in [3.8, 4) is 0 Å². The molecule has 6 nitrogen and oxygen atoms in total. The zero-order valence-corrected chi connectivity index (χ0v) is 16.0. The molecule has 2 amide bonds. The Morgan fingerprint density at radius 3 is 2.85 bits per heavy atom. The summed E-state index contributed by atoms with van der Waals surface area (Å²) in [5, 5.41) is 5.34. The van der Waals surface area contributed by atoms with Gasteiger partial charge < -0.3 is 10.6 Å². The van der Waals surface area contributed by atoms with E-state index >= 15 is 0 Å². The standard InChI is InChI=1S/C21H26N4O2/c1-3-13-9-21(2)10-16(21)25(13)17(26)11-24-15-8-7-12-5-4-6-14(12)18(15)19(23-24)20(22)27/h7-8,13,16H,3-6,9-11H2,1-2H3,(H2,22,27)/t13-,16?,21+/m1/s1. The number of hydrogen-bond acceptors (Lipinski definition) is 3. The van der Waals surface area contributed by atoms with Crippen LogP contribution in [0.5, 0.6) is 0 Å². The van der Waals surface area contributed by atoms with E-state index in [0.717, 1.165) is 49.4 Å². The number of carbonyl (C=O) groups excluding carboxylic acids is 2. The minimum absolute atomic E-state index is 0.106. The van der Waals surface area contributed by atoms with Crippen LogP contribution >= 0.6 is 0 Å². The van der Waals surface area contributed by atoms with Gasteiger partial charge in [-0.05, 0) is 61.1 Å². The SMILES string of the molecule is CC[C@@H]1C[C@@]2(C)CC2N1C(=O)Cn1nc(C(N)=O)c2c3c(ccc21)CCC3. The Bertz CT molecular complexity index is 978. The molecule has 2 fully saturated rings. The van der Waals surface area contributed by atoms with Crippen molar-refractivity contribution in [2.45, 2.75) is 71.0 Å². The normalized spacial score (nSPS) is 28.4. The lowest BCUT2D eigenvalue weighted by atomic mass is 10.0. The summed E-state index contributed by atoms with van der Waals surface area (Å²) in [7, 11) is 0. The summed E-state index contributed by atoms with van der Waals surface area (Å²) in [6.45, 7) is 4.61. The van der Waals surface area contributed by atoms with Crippen LogP contribution in [0.3, 0.4) is 0 Å². The second kappa shape index (κ2) is 5.57. The Hall–Kier alpha value is -2.37. The average molecular weight is 366 g/mol. The summed E-state index contributed by atoms with van der Waals surface area (Å²) in [6, 6.07) is 4.80. The zero-order chi connectivity index (χ0) is 18.9. The molecule has 1 aromatic heterocycles. The molecule has 0 bridgehead atoms. The molecule has 0 radical (unpaired) electrons. The third kappa shape index (κ3) is 2.35. The Kier molecular flexibility index (Phi) is 3.46. The molecule has 27 heavy (non-hydrogen) atoms. The molecule has 6 heteroatoms. The predicted molar refractivity (Wildman–Crippen MR) is 102 cm³/mol. The quantitative estimate of drug-likeness (QED) is 0.902. The summed E-state index contributed by atoms with van der Waals surface area (Å²) in [6.07, 6.45) is 6.24. The fraction of sp³-hybridized carbons (Fsp3) is 0.571. The number of rotatable bonds is 4. The van der Waals surface area contributed by atoms with Crippen LogP contribution in [0.1, 0.15) is 61.1 Å². The third-order valence-corrected chi connectivity index (χ3v) is 7.01. The first-order valence-electron chi connectivity index (χ1n) is 10.0. The zero-order valence-electron chi connectivity index (χ0n) is 16.0. The van der Waals surface area contributed by atoms with Gasteiger partial charge in [-0.25, -0.2) is 0 Å². The van der Waals surface area contributed by atoms with E-state index in [9.17, 15) is 9.59 Å². The number of benzene rings is 1. The van der Waals surface area contributed by atoms with Crippen molar-refractivity contribution >= 4 is 22.7 Å². The highest BCUT2D eigenvalue weighted by atomic mass is 16.2. The highest BCUT2D eigenvalue weighted by Crippen LogP contribution is 2.59. The van der Waals surface area contributed by atoms with Crippen LogP contribution in [0.4, 0.5) is 0 Å². The largest absolute Gasteiger partial charge is 0.364 e. The van der Waals surface area contributed by atoms with Crippen molar-refractivity contribution in [1.82, 2.24) is 14.7 Å². The topological polar surface area (TPSA) is 81.2 Å². The Labute approximate surface area is 158 Å². The highest BCUT2D eigenvalue weighted by molar-refractivity contribution is 6.06. The van der Waals surface area contributed by atoms with E-state index in [4.69, 9.17) is 5.73 Å². The summed E-state index contributed by atoms with van der Waals surface area (Å²) in [4.78, 5) is 27.3. The maximum atomic E-state index is 13.2. The first-order chi connectivity index (χ1) is 12.9. The fourth-order valence-electron chi connectivity index (χ4n) is 5.51. The Morgan fingerprint density at radius 1 is 1.30 bits per heavy atom. The van der Waals surface area contributed by atoms with Crippen LogP contribution in [0.25, 0.3) is 10.9 Å². The van der Waals surface area contributed by atoms with Gasteiger partial charge in [0, 0.05) is 17.5 Å². The third-order valence-electron chi connectivity index (χ3n) is 7.01. The van der Waals surface area contributed by atoms with Crippen molar-refractivity contribution in [2.75, 3.05) is 0 Å². The van der Waals surface area contributed by atoms with Gasteiger partial charge in [0.25, 0.3) is 5.91 Å². The molecule has 1 unspecified atom stereocenters. The Morgan fingerprint density at radius 2 is 2.11 bits per heavy atom. The first-order valence-corrected chi connectivity index (χ1v) is 10.0. The number of carbonyl (C=O) groups is 2. The van der Waals surface area contributed by atoms with E-state index in [2.05, 4.69) is 29.9 Å². The summed E-state index contributed by atoms with van der Waals surface area (Å²) >= 11 is 0. The maximum absolute atomic E-state index is 13.2. The van der Waals surface area contributed by atoms with Gasteiger partial charge in [-0.1, -0.05) is 19.9 Å². The van der Waals surface area contributed by atoms with Crippen LogP contribution < -0.4 is 5.73 Å². The van der Waals surface area contributed by atoms with Gasteiger partial charge >= 0.3 is 0 Å². The van der Waals surface area contributed by atoms with Gasteiger partial charge in [0.1, 0.15) is 6.54 Å². The second-order valence-electron chi connectivity index (χ2n) is 8.76. The van der Waals surface area contributed by atoms with E-state index in [1.807, 2.05) is 6.07 Å². The van der Waals surface area contributed by atoms with Crippen LogP contribution in [0.2, 0.25) is 0 Å². The minimum atomic E-state index is -0.520. The lowest BCUT2D eigenvalue weighted by Gasteiger charge is -2.26. The number of fused-ring (bicyclic) bond motifs is 4. The monoisotopic (exact) mass is 366 g/mol. The summed E-state index contributed by atoms with van der Waals surface area (Å²) < 4.78 is 1.70. The highest BCUT2D eigenvalue weighted by Gasteiger charge is 2.62. The maximum Gasteiger partial charge on any atom is 0.269 e. The van der Waals surface area contributed by atoms with Gasteiger partial charge in [-0.2, -0.15) is 5.10 Å². The van der Waals surface area contributed by atoms with Gasteiger partial charge in [-0.15, -0.1) is 0 Å². The molecule has 2 N–H and O–H groups in total. The van der Waals surface area contributed by atoms with Crippen LogP contribution in [0, 0.1) is 5.41 Å². The van der Waals surface area contributed by atoms with Gasteiger partial charge in [0.15, 0.2) is 5.69 Å². The lowest BCUT2D eigenvalue weighted by Crippen LogP contribution is -2.40. The number of hydrogen-bond donors (Lipinski definition) is 1. The predicted octanol–water partition coefficient (Wildman–Crippen LogP) is 2.41. The van der Waals surface area contributed by atoms with E-state index in [1.165, 1.54) is 11.1 Å². The average Bonchev–Trinajstić information content (AvgIpc) is 3.02. The van der Waals surface area contributed by atoms with Crippen molar-refractivity contribution < 1.29 is 9.59 Å². The molecule has 1 saturated heterocycles. The molecule has 2 aromatic rings. The molecule has 2 aliphatic carbocycles. The molecule has 1 aliphatic heterocycles. The number of aryl methyl sites for hydroxylation is 2. The number of piperidine rings is 1. The molecule has 3 aliphatic rings. The number of likely N-dealkylation sites (tertiary alicyclic amines) is 1. The van der Waals surface area contributed by atoms with Crippen LogP contribution in [-0.2, 0) is 24.2 Å². The molecule has 3 atom stereocenters. The molecule has 0 spiro atoms. The number of primary amides is 1. The van der Waals surface area contributed by atoms with Gasteiger partial charge in [0.2, 0.25) is 5.91 Å². The Balaban J connectivity index is 1.53. The molecule has 1 saturated carbocycles. The molecule has 142 valence electrons. The van der Waals surface area contributed by atoms with E-state index < -0.39 is 5.91 Å². The van der Waals surface area contributed by atoms with Crippen molar-refractivity contribution in [1.29, 1.82) is 0 Å². The number of amides is 2. The molecule has 5 rings (SSSR count). The first kappa shape index (κ1) is 16.8. The number of nitrogens with two attached hydrogens (primary N) is 1. The van der Waals surface area contributed by atoms with E-state index in [0.29, 0.717) is 23.2 Å². The van der Waals surface area contributed by atoms with Crippen LogP contribution in [0.15, 0.2) is 12.1 Å². The van der Waals surface area contributed by atoms with Gasteiger partial charge in [0.05, 0.1) is 5.52 Å². The molecule has 1 aromatic carbocycles. The lowest BCUT2D eigenvalue weighted by molar-refractivity contribution is -0.134. The number of nitrogens with zero attached hydrogens (tertiary/aromatic N) is 3. The summed E-state index contributed by atoms with van der Waals surface area (Å²) in [5.74, 6) is -0.414.